The molecule has 126 valence electrons. The second-order valence-corrected chi connectivity index (χ2v) is 7.87. The van der Waals surface area contributed by atoms with Gasteiger partial charge in [0.05, 0.1) is 6.10 Å². The lowest BCUT2D eigenvalue weighted by atomic mass is 9.80. The van der Waals surface area contributed by atoms with Gasteiger partial charge in [-0.15, -0.1) is 0 Å². The fraction of sp³-hybridized carbons (Fsp3) is 0.650. The summed E-state index contributed by atoms with van der Waals surface area (Å²) in [5, 5.41) is 13.9. The first-order valence-electron chi connectivity index (χ1n) is 8.89. The third kappa shape index (κ3) is 2.64. The average molecular weight is 315 g/mol. The number of aliphatic hydroxyl groups is 1. The van der Waals surface area contributed by atoms with Gasteiger partial charge in [0.2, 0.25) is 0 Å². The Kier molecular flexibility index (Phi) is 4.37. The quantitative estimate of drug-likeness (QED) is 0.847. The van der Waals surface area contributed by atoms with Crippen molar-refractivity contribution in [2.75, 3.05) is 6.54 Å². The maximum Gasteiger partial charge on any atom is 0.140 e. The van der Waals surface area contributed by atoms with Crippen LogP contribution in [0.4, 0.5) is 0 Å². The molecule has 2 aliphatic carbocycles. The molecule has 6 atom stereocenters. The lowest BCUT2D eigenvalue weighted by Crippen LogP contribution is -2.41. The molecule has 0 bridgehead atoms. The number of rotatable bonds is 6. The third-order valence-electron chi connectivity index (χ3n) is 6.48. The van der Waals surface area contributed by atoms with Crippen LogP contribution in [0.1, 0.15) is 45.8 Å². The smallest absolute Gasteiger partial charge is 0.140 e. The zero-order chi connectivity index (χ0) is 16.8. The molecule has 0 amide bonds. The number of hydrogen-bond donors (Lipinski definition) is 2. The maximum atomic E-state index is 12.6. The molecule has 1 aromatic rings. The molecule has 0 radical (unpaired) electrons. The summed E-state index contributed by atoms with van der Waals surface area (Å²) >= 11 is 0. The summed E-state index contributed by atoms with van der Waals surface area (Å²) in [6.45, 7) is 9.27. The first kappa shape index (κ1) is 16.7. The van der Waals surface area contributed by atoms with Crippen molar-refractivity contribution in [1.82, 2.24) is 5.32 Å². The lowest BCUT2D eigenvalue weighted by molar-refractivity contribution is -0.125. The molecule has 6 unspecified atom stereocenters. The van der Waals surface area contributed by atoms with Crippen LogP contribution in [0.2, 0.25) is 0 Å². The van der Waals surface area contributed by atoms with E-state index in [-0.39, 0.29) is 23.3 Å². The molecule has 2 N–H and O–H groups in total. The van der Waals surface area contributed by atoms with Gasteiger partial charge in [-0.3, -0.25) is 4.79 Å². The van der Waals surface area contributed by atoms with E-state index in [2.05, 4.69) is 26.1 Å². The first-order valence-corrected chi connectivity index (χ1v) is 8.89. The molecule has 2 saturated carbocycles. The SMILES string of the molecule is CC(NCC1C(=O)C(C)C2CC12C(C)C)C(O)c1ccccc1. The summed E-state index contributed by atoms with van der Waals surface area (Å²) in [7, 11) is 0. The van der Waals surface area contributed by atoms with E-state index in [1.54, 1.807) is 0 Å². The van der Waals surface area contributed by atoms with E-state index in [0.717, 1.165) is 5.56 Å². The number of carbonyl (C=O) groups excluding carboxylic acids is 1. The standard InChI is InChI=1S/C20H29NO2/c1-12(2)20-10-16(20)13(3)18(22)17(20)11-21-14(4)19(23)15-8-6-5-7-9-15/h5-9,12-14,16-17,19,21,23H,10-11H2,1-4H3. The largest absolute Gasteiger partial charge is 0.387 e. The van der Waals surface area contributed by atoms with Crippen LogP contribution < -0.4 is 5.32 Å². The molecule has 3 heteroatoms. The van der Waals surface area contributed by atoms with E-state index in [9.17, 15) is 9.90 Å². The normalized spacial score (nSPS) is 35.2. The van der Waals surface area contributed by atoms with Crippen molar-refractivity contribution in [3.05, 3.63) is 35.9 Å². The van der Waals surface area contributed by atoms with Crippen molar-refractivity contribution in [3.63, 3.8) is 0 Å². The van der Waals surface area contributed by atoms with Crippen LogP contribution in [0, 0.1) is 29.1 Å². The van der Waals surface area contributed by atoms with Crippen molar-refractivity contribution in [1.29, 1.82) is 0 Å². The Balaban J connectivity index is 1.65. The maximum absolute atomic E-state index is 12.6. The van der Waals surface area contributed by atoms with Crippen LogP contribution >= 0.6 is 0 Å². The van der Waals surface area contributed by atoms with Gasteiger partial charge >= 0.3 is 0 Å². The van der Waals surface area contributed by atoms with Gasteiger partial charge in [0.1, 0.15) is 5.78 Å². The zero-order valence-corrected chi connectivity index (χ0v) is 14.6. The molecule has 0 aliphatic heterocycles. The predicted molar refractivity (Wildman–Crippen MR) is 91.9 cm³/mol. The Morgan fingerprint density at radius 2 is 1.91 bits per heavy atom. The second-order valence-electron chi connectivity index (χ2n) is 7.87. The summed E-state index contributed by atoms with van der Waals surface area (Å²) in [6, 6.07) is 9.65. The molecule has 1 aromatic carbocycles. The highest BCUT2D eigenvalue weighted by atomic mass is 16.3. The highest BCUT2D eigenvalue weighted by molar-refractivity contribution is 5.89. The molecule has 0 spiro atoms. The van der Waals surface area contributed by atoms with Gasteiger partial charge in [0, 0.05) is 24.4 Å². The van der Waals surface area contributed by atoms with Crippen molar-refractivity contribution in [3.8, 4) is 0 Å². The average Bonchev–Trinajstić information content (AvgIpc) is 3.26. The van der Waals surface area contributed by atoms with Gasteiger partial charge in [0.15, 0.2) is 0 Å². The van der Waals surface area contributed by atoms with Crippen LogP contribution in [-0.2, 0) is 4.79 Å². The van der Waals surface area contributed by atoms with E-state index in [0.29, 0.717) is 24.2 Å². The molecule has 0 aromatic heterocycles. The van der Waals surface area contributed by atoms with Gasteiger partial charge in [-0.25, -0.2) is 0 Å². The zero-order valence-electron chi connectivity index (χ0n) is 14.6. The van der Waals surface area contributed by atoms with E-state index < -0.39 is 6.10 Å². The fourth-order valence-corrected chi connectivity index (χ4v) is 4.86. The molecule has 0 heterocycles. The number of nitrogens with one attached hydrogen (secondary N) is 1. The van der Waals surface area contributed by atoms with Gasteiger partial charge in [-0.05, 0) is 36.2 Å². The van der Waals surface area contributed by atoms with Gasteiger partial charge < -0.3 is 10.4 Å². The third-order valence-corrected chi connectivity index (χ3v) is 6.48. The molecule has 23 heavy (non-hydrogen) atoms. The summed E-state index contributed by atoms with van der Waals surface area (Å²) in [6.07, 6.45) is 0.648. The highest BCUT2D eigenvalue weighted by Crippen LogP contribution is 2.70. The lowest BCUT2D eigenvalue weighted by Gasteiger charge is -2.29. The minimum absolute atomic E-state index is 0.0671. The van der Waals surface area contributed by atoms with Crippen LogP contribution in [0.3, 0.4) is 0 Å². The van der Waals surface area contributed by atoms with Crippen LogP contribution in [0.15, 0.2) is 30.3 Å². The Morgan fingerprint density at radius 1 is 1.26 bits per heavy atom. The van der Waals surface area contributed by atoms with Gasteiger partial charge in [-0.1, -0.05) is 51.1 Å². The number of ketones is 1. The van der Waals surface area contributed by atoms with E-state index >= 15 is 0 Å². The number of aliphatic hydroxyl groups excluding tert-OH is 1. The minimum atomic E-state index is -0.546. The topological polar surface area (TPSA) is 49.3 Å². The van der Waals surface area contributed by atoms with Crippen molar-refractivity contribution >= 4 is 5.78 Å². The molecule has 2 fully saturated rings. The molecule has 3 nitrogen and oxygen atoms in total. The molecular formula is C20H29NO2. The second kappa shape index (κ2) is 6.03. The van der Waals surface area contributed by atoms with Crippen molar-refractivity contribution < 1.29 is 9.90 Å². The number of benzene rings is 1. The van der Waals surface area contributed by atoms with Crippen LogP contribution in [0.25, 0.3) is 0 Å². The van der Waals surface area contributed by atoms with E-state index in [1.165, 1.54) is 6.42 Å². The van der Waals surface area contributed by atoms with Crippen LogP contribution in [-0.4, -0.2) is 23.5 Å². The number of Topliss-reactive ketones (excluding diaryl/α,β-unsaturated/α-hetero) is 1. The monoisotopic (exact) mass is 315 g/mol. The first-order chi connectivity index (χ1) is 10.9. The van der Waals surface area contributed by atoms with Crippen molar-refractivity contribution in [2.24, 2.45) is 29.1 Å². The van der Waals surface area contributed by atoms with E-state index in [1.807, 2.05) is 37.3 Å². The molecule has 3 rings (SSSR count). The van der Waals surface area contributed by atoms with Gasteiger partial charge in [-0.2, -0.15) is 0 Å². The number of fused-ring (bicyclic) bond motifs is 1. The Labute approximate surface area is 139 Å². The molecule has 0 saturated heterocycles. The number of carbonyl (C=O) groups is 1. The van der Waals surface area contributed by atoms with E-state index in [4.69, 9.17) is 0 Å². The Hall–Kier alpha value is -1.19. The summed E-state index contributed by atoms with van der Waals surface area (Å²) in [4.78, 5) is 12.6. The highest BCUT2D eigenvalue weighted by Gasteiger charge is 2.70. The molecule has 2 aliphatic rings. The van der Waals surface area contributed by atoms with Crippen LogP contribution in [0.5, 0.6) is 0 Å². The summed E-state index contributed by atoms with van der Waals surface area (Å²) in [5.41, 5.74) is 1.13. The predicted octanol–water partition coefficient (Wildman–Crippen LogP) is 3.20. The number of hydrogen-bond acceptors (Lipinski definition) is 3. The summed E-state index contributed by atoms with van der Waals surface area (Å²) in [5.74, 6) is 1.86. The van der Waals surface area contributed by atoms with Crippen molar-refractivity contribution in [2.45, 2.75) is 46.3 Å². The molecular weight excluding hydrogens is 286 g/mol. The Bertz CT molecular complexity index is 570. The fourth-order valence-electron chi connectivity index (χ4n) is 4.86. The van der Waals surface area contributed by atoms with Gasteiger partial charge in [0.25, 0.3) is 0 Å². The summed E-state index contributed by atoms with van der Waals surface area (Å²) < 4.78 is 0. The minimum Gasteiger partial charge on any atom is -0.387 e. The Morgan fingerprint density at radius 3 is 2.52 bits per heavy atom.